The minimum absolute atomic E-state index is 0.108. The first-order valence-electron chi connectivity index (χ1n) is 11.8. The number of carbonyl (C=O) groups excluding carboxylic acids is 1. The maximum atomic E-state index is 13.1. The first-order valence-corrected chi connectivity index (χ1v) is 14.7. The van der Waals surface area contributed by atoms with E-state index in [9.17, 15) is 21.6 Å². The lowest BCUT2D eigenvalue weighted by Gasteiger charge is -2.31. The fourth-order valence-electron chi connectivity index (χ4n) is 4.32. The van der Waals surface area contributed by atoms with E-state index in [-0.39, 0.29) is 28.8 Å². The molecule has 0 radical (unpaired) electrons. The highest BCUT2D eigenvalue weighted by atomic mass is 32.2. The molecule has 36 heavy (non-hydrogen) atoms. The number of carbonyl (C=O) groups is 1. The Labute approximate surface area is 212 Å². The average molecular weight is 538 g/mol. The Bertz CT molecular complexity index is 1260. The Hall–Kier alpha value is -2.51. The highest BCUT2D eigenvalue weighted by Gasteiger charge is 2.33. The van der Waals surface area contributed by atoms with E-state index in [1.807, 2.05) is 0 Å². The molecule has 0 spiro atoms. The van der Waals surface area contributed by atoms with Crippen LogP contribution in [-0.2, 0) is 36.1 Å². The molecule has 2 fully saturated rings. The Morgan fingerprint density at radius 2 is 1.50 bits per heavy atom. The SMILES string of the molecule is COc1ccc(S(=O)(=O)N2CCC[C@H](C(=O)NCc3ccc(S(=O)(=O)N4CCOCC4)cc3)C2)cc1. The van der Waals surface area contributed by atoms with Crippen LogP contribution >= 0.6 is 0 Å². The number of amides is 1. The summed E-state index contributed by atoms with van der Waals surface area (Å²) in [6, 6.07) is 12.6. The van der Waals surface area contributed by atoms with Crippen LogP contribution in [0.2, 0.25) is 0 Å². The fraction of sp³-hybridized carbons (Fsp3) is 0.458. The largest absolute Gasteiger partial charge is 0.497 e. The molecule has 0 aromatic heterocycles. The van der Waals surface area contributed by atoms with Gasteiger partial charge in [0.05, 0.1) is 36.0 Å². The normalized spacial score (nSPS) is 20.1. The lowest BCUT2D eigenvalue weighted by atomic mass is 9.99. The third kappa shape index (κ3) is 5.89. The minimum atomic E-state index is -3.72. The molecule has 0 aliphatic carbocycles. The van der Waals surface area contributed by atoms with Gasteiger partial charge >= 0.3 is 0 Å². The number of hydrogen-bond donors (Lipinski definition) is 1. The van der Waals surface area contributed by atoms with Crippen molar-refractivity contribution in [2.24, 2.45) is 5.92 Å². The van der Waals surface area contributed by atoms with E-state index in [2.05, 4.69) is 5.32 Å². The number of nitrogens with zero attached hydrogens (tertiary/aromatic N) is 2. The highest BCUT2D eigenvalue weighted by molar-refractivity contribution is 7.89. The van der Waals surface area contributed by atoms with Gasteiger partial charge in [-0.1, -0.05) is 12.1 Å². The number of sulfonamides is 2. The lowest BCUT2D eigenvalue weighted by molar-refractivity contribution is -0.126. The molecule has 10 nitrogen and oxygen atoms in total. The summed E-state index contributed by atoms with van der Waals surface area (Å²) in [5.41, 5.74) is 0.753. The number of nitrogens with one attached hydrogen (secondary N) is 1. The van der Waals surface area contributed by atoms with Gasteiger partial charge in [-0.15, -0.1) is 0 Å². The monoisotopic (exact) mass is 537 g/mol. The molecule has 0 bridgehead atoms. The van der Waals surface area contributed by atoms with Crippen LogP contribution < -0.4 is 10.1 Å². The smallest absolute Gasteiger partial charge is 0.243 e. The van der Waals surface area contributed by atoms with Crippen LogP contribution in [0.4, 0.5) is 0 Å². The zero-order valence-electron chi connectivity index (χ0n) is 20.1. The van der Waals surface area contributed by atoms with Gasteiger partial charge in [-0.2, -0.15) is 8.61 Å². The van der Waals surface area contributed by atoms with Gasteiger partial charge in [-0.05, 0) is 54.8 Å². The number of piperidine rings is 1. The number of benzene rings is 2. The highest BCUT2D eigenvalue weighted by Crippen LogP contribution is 2.25. The Kier molecular flexibility index (Phi) is 8.30. The van der Waals surface area contributed by atoms with Gasteiger partial charge in [-0.25, -0.2) is 16.8 Å². The number of ether oxygens (including phenoxy) is 2. The summed E-state index contributed by atoms with van der Waals surface area (Å²) in [4.78, 5) is 13.2. The molecular weight excluding hydrogens is 506 g/mol. The van der Waals surface area contributed by atoms with Crippen LogP contribution in [0.5, 0.6) is 5.75 Å². The third-order valence-corrected chi connectivity index (χ3v) is 10.2. The van der Waals surface area contributed by atoms with E-state index >= 15 is 0 Å². The summed E-state index contributed by atoms with van der Waals surface area (Å²) in [6.07, 6.45) is 1.18. The van der Waals surface area contributed by atoms with Crippen molar-refractivity contribution in [3.63, 3.8) is 0 Å². The van der Waals surface area contributed by atoms with Crippen molar-refractivity contribution in [1.82, 2.24) is 13.9 Å². The Morgan fingerprint density at radius 1 is 0.917 bits per heavy atom. The molecule has 2 aliphatic rings. The van der Waals surface area contributed by atoms with Gasteiger partial charge < -0.3 is 14.8 Å². The second-order valence-corrected chi connectivity index (χ2v) is 12.6. The quantitative estimate of drug-likeness (QED) is 0.541. The summed E-state index contributed by atoms with van der Waals surface area (Å²) in [5.74, 6) is -0.126. The molecule has 1 amide bonds. The molecule has 196 valence electrons. The molecule has 0 unspecified atom stereocenters. The maximum Gasteiger partial charge on any atom is 0.243 e. The van der Waals surface area contributed by atoms with Crippen LogP contribution in [0.25, 0.3) is 0 Å². The van der Waals surface area contributed by atoms with E-state index in [0.29, 0.717) is 51.4 Å². The lowest BCUT2D eigenvalue weighted by Crippen LogP contribution is -2.45. The summed E-state index contributed by atoms with van der Waals surface area (Å²) < 4.78 is 64.7. The van der Waals surface area contributed by atoms with Gasteiger partial charge in [0.25, 0.3) is 0 Å². The third-order valence-electron chi connectivity index (χ3n) is 6.45. The summed E-state index contributed by atoms with van der Waals surface area (Å²) in [7, 11) is -5.78. The maximum absolute atomic E-state index is 13.1. The van der Waals surface area contributed by atoms with Crippen molar-refractivity contribution in [2.45, 2.75) is 29.2 Å². The van der Waals surface area contributed by atoms with Crippen LogP contribution in [0.1, 0.15) is 18.4 Å². The topological polar surface area (TPSA) is 122 Å². The van der Waals surface area contributed by atoms with E-state index in [0.717, 1.165) is 5.56 Å². The van der Waals surface area contributed by atoms with Crippen LogP contribution in [0.3, 0.4) is 0 Å². The van der Waals surface area contributed by atoms with E-state index < -0.39 is 26.0 Å². The summed E-state index contributed by atoms with van der Waals surface area (Å²) in [5, 5.41) is 2.86. The zero-order chi connectivity index (χ0) is 25.8. The fourth-order valence-corrected chi connectivity index (χ4v) is 7.25. The average Bonchev–Trinajstić information content (AvgIpc) is 2.92. The number of hydrogen-bond acceptors (Lipinski definition) is 7. The second-order valence-electron chi connectivity index (χ2n) is 8.76. The van der Waals surface area contributed by atoms with Crippen molar-refractivity contribution < 1.29 is 31.1 Å². The minimum Gasteiger partial charge on any atom is -0.497 e. The molecule has 12 heteroatoms. The van der Waals surface area contributed by atoms with Gasteiger partial charge in [-0.3, -0.25) is 4.79 Å². The number of rotatable bonds is 8. The molecule has 2 aromatic rings. The van der Waals surface area contributed by atoms with Crippen LogP contribution in [-0.4, -0.2) is 77.9 Å². The standard InChI is InChI=1S/C24H31N3O7S2/c1-33-21-6-10-23(11-7-21)36(31,32)27-12-2-3-20(18-27)24(28)25-17-19-4-8-22(9-5-19)35(29,30)26-13-15-34-16-14-26/h4-11,20H,2-3,12-18H2,1H3,(H,25,28)/t20-/m0/s1. The molecule has 4 rings (SSSR count). The van der Waals surface area contributed by atoms with E-state index in [1.165, 1.54) is 40.0 Å². The van der Waals surface area contributed by atoms with Gasteiger partial charge in [0, 0.05) is 32.7 Å². The van der Waals surface area contributed by atoms with Gasteiger partial charge in [0.2, 0.25) is 26.0 Å². The Balaban J connectivity index is 1.34. The van der Waals surface area contributed by atoms with Crippen molar-refractivity contribution in [2.75, 3.05) is 46.5 Å². The molecule has 2 aliphatic heterocycles. The zero-order valence-corrected chi connectivity index (χ0v) is 21.8. The van der Waals surface area contributed by atoms with Crippen molar-refractivity contribution >= 4 is 26.0 Å². The molecule has 2 heterocycles. The predicted octanol–water partition coefficient (Wildman–Crippen LogP) is 1.43. The molecular formula is C24H31N3O7S2. The van der Waals surface area contributed by atoms with Gasteiger partial charge in [0.15, 0.2) is 0 Å². The first kappa shape index (κ1) is 26.6. The van der Waals surface area contributed by atoms with E-state index in [1.54, 1.807) is 24.3 Å². The number of morpholine rings is 1. The molecule has 1 N–H and O–H groups in total. The summed E-state index contributed by atoms with van der Waals surface area (Å²) in [6.45, 7) is 2.10. The second kappa shape index (κ2) is 11.3. The molecule has 2 aromatic carbocycles. The van der Waals surface area contributed by atoms with Crippen LogP contribution in [0, 0.1) is 5.92 Å². The molecule has 2 saturated heterocycles. The van der Waals surface area contributed by atoms with Crippen molar-refractivity contribution in [3.05, 3.63) is 54.1 Å². The van der Waals surface area contributed by atoms with Crippen molar-refractivity contribution in [1.29, 1.82) is 0 Å². The van der Waals surface area contributed by atoms with Crippen molar-refractivity contribution in [3.8, 4) is 5.75 Å². The summed E-state index contributed by atoms with van der Waals surface area (Å²) >= 11 is 0. The van der Waals surface area contributed by atoms with E-state index in [4.69, 9.17) is 9.47 Å². The first-order chi connectivity index (χ1) is 17.2. The Morgan fingerprint density at radius 3 is 2.11 bits per heavy atom. The van der Waals surface area contributed by atoms with Crippen LogP contribution in [0.15, 0.2) is 58.3 Å². The number of methoxy groups -OCH3 is 1. The molecule has 1 atom stereocenters. The predicted molar refractivity (Wildman–Crippen MR) is 132 cm³/mol. The molecule has 0 saturated carbocycles. The van der Waals surface area contributed by atoms with Gasteiger partial charge in [0.1, 0.15) is 5.75 Å².